The minimum absolute atomic E-state index is 0.0513. The van der Waals surface area contributed by atoms with E-state index in [9.17, 15) is 9.59 Å². The van der Waals surface area contributed by atoms with Crippen molar-refractivity contribution < 1.29 is 28.5 Å². The van der Waals surface area contributed by atoms with Crippen LogP contribution in [0.3, 0.4) is 0 Å². The van der Waals surface area contributed by atoms with E-state index >= 15 is 0 Å². The fourth-order valence-electron chi connectivity index (χ4n) is 4.28. The molecule has 0 saturated heterocycles. The SMILES string of the molecule is CCOc1cc([C@H]2C(C(=O)OC)=C(N)OC3=C2C(=O)CCC3)ccc1OCc1cccc(Cl)c1. The topological polar surface area (TPSA) is 97.1 Å². The van der Waals surface area contributed by atoms with Crippen molar-refractivity contribution in [1.29, 1.82) is 0 Å². The predicted molar refractivity (Wildman–Crippen MR) is 126 cm³/mol. The van der Waals surface area contributed by atoms with Crippen LogP contribution < -0.4 is 15.2 Å². The monoisotopic (exact) mass is 483 g/mol. The number of allylic oxidation sites excluding steroid dienone is 2. The molecule has 1 atom stereocenters. The number of hydrogen-bond acceptors (Lipinski definition) is 7. The predicted octanol–water partition coefficient (Wildman–Crippen LogP) is 4.78. The first-order chi connectivity index (χ1) is 16.4. The number of nitrogens with two attached hydrogens (primary N) is 1. The molecule has 7 nitrogen and oxygen atoms in total. The van der Waals surface area contributed by atoms with E-state index in [1.807, 2.05) is 25.1 Å². The summed E-state index contributed by atoms with van der Waals surface area (Å²) in [5.41, 5.74) is 8.25. The van der Waals surface area contributed by atoms with Gasteiger partial charge in [0.05, 0.1) is 19.6 Å². The molecule has 2 aliphatic rings. The fraction of sp³-hybridized carbons (Fsp3) is 0.308. The van der Waals surface area contributed by atoms with Crippen LogP contribution in [0.15, 0.2) is 65.3 Å². The van der Waals surface area contributed by atoms with Crippen LogP contribution in [0.1, 0.15) is 43.2 Å². The third-order valence-corrected chi connectivity index (χ3v) is 6.01. The summed E-state index contributed by atoms with van der Waals surface area (Å²) in [7, 11) is 1.27. The maximum atomic E-state index is 12.9. The van der Waals surface area contributed by atoms with Crippen LogP contribution in [0.2, 0.25) is 5.02 Å². The molecule has 0 unspecified atom stereocenters. The van der Waals surface area contributed by atoms with E-state index in [0.717, 1.165) is 5.56 Å². The molecule has 0 amide bonds. The summed E-state index contributed by atoms with van der Waals surface area (Å²) >= 11 is 6.07. The second-order valence-electron chi connectivity index (χ2n) is 7.98. The van der Waals surface area contributed by atoms with Gasteiger partial charge in [-0.2, -0.15) is 0 Å². The van der Waals surface area contributed by atoms with Crippen LogP contribution >= 0.6 is 11.6 Å². The zero-order valence-corrected chi connectivity index (χ0v) is 19.8. The standard InChI is InChI=1S/C26H26ClNO6/c1-3-32-21-13-16(10-11-19(21)33-14-15-6-4-7-17(27)12-15)22-23-18(29)8-5-9-20(23)34-25(28)24(22)26(30)31-2/h4,6-7,10-13,22H,3,5,8-9,14,28H2,1-2H3/t22-/m1/s1. The minimum Gasteiger partial charge on any atom is -0.490 e. The van der Waals surface area contributed by atoms with Crippen LogP contribution in [0.4, 0.5) is 0 Å². The van der Waals surface area contributed by atoms with Crippen molar-refractivity contribution in [1.82, 2.24) is 0 Å². The first kappa shape index (κ1) is 23.7. The Kier molecular flexibility index (Phi) is 7.12. The van der Waals surface area contributed by atoms with Crippen LogP contribution in [0.25, 0.3) is 0 Å². The molecule has 1 aliphatic carbocycles. The number of hydrogen-bond donors (Lipinski definition) is 1. The highest BCUT2D eigenvalue weighted by atomic mass is 35.5. The highest BCUT2D eigenvalue weighted by Gasteiger charge is 2.41. The van der Waals surface area contributed by atoms with Crippen LogP contribution in [-0.2, 0) is 25.7 Å². The van der Waals surface area contributed by atoms with E-state index in [-0.39, 0.29) is 17.2 Å². The lowest BCUT2D eigenvalue weighted by molar-refractivity contribution is -0.136. The van der Waals surface area contributed by atoms with Gasteiger partial charge in [0.15, 0.2) is 17.3 Å². The number of Topliss-reactive ketones (excluding diaryl/α,β-unsaturated/α-hetero) is 1. The first-order valence-corrected chi connectivity index (χ1v) is 11.5. The van der Waals surface area contributed by atoms with E-state index in [0.29, 0.717) is 65.9 Å². The lowest BCUT2D eigenvalue weighted by atomic mass is 9.77. The zero-order valence-electron chi connectivity index (χ0n) is 19.1. The average molecular weight is 484 g/mol. The number of rotatable bonds is 7. The Morgan fingerprint density at radius 3 is 2.71 bits per heavy atom. The molecule has 0 spiro atoms. The van der Waals surface area contributed by atoms with Gasteiger partial charge in [-0.3, -0.25) is 4.79 Å². The molecule has 1 heterocycles. The summed E-state index contributed by atoms with van der Waals surface area (Å²) < 4.78 is 22.5. The molecule has 0 fully saturated rings. The Hall–Kier alpha value is -3.45. The van der Waals surface area contributed by atoms with Crippen LogP contribution in [0, 0.1) is 0 Å². The molecule has 8 heteroatoms. The summed E-state index contributed by atoms with van der Waals surface area (Å²) in [6.45, 7) is 2.57. The van der Waals surface area contributed by atoms with Gasteiger partial charge in [-0.15, -0.1) is 0 Å². The number of benzene rings is 2. The summed E-state index contributed by atoms with van der Waals surface area (Å²) in [5.74, 6) is 0.0338. The van der Waals surface area contributed by atoms with Gasteiger partial charge in [0.1, 0.15) is 17.9 Å². The van der Waals surface area contributed by atoms with Crippen molar-refractivity contribution in [3.8, 4) is 11.5 Å². The number of ketones is 1. The third kappa shape index (κ3) is 4.75. The van der Waals surface area contributed by atoms with Crippen molar-refractivity contribution in [3.63, 3.8) is 0 Å². The van der Waals surface area contributed by atoms with Gasteiger partial charge >= 0.3 is 5.97 Å². The summed E-state index contributed by atoms with van der Waals surface area (Å²) in [5, 5.41) is 0.627. The van der Waals surface area contributed by atoms with Crippen molar-refractivity contribution in [2.75, 3.05) is 13.7 Å². The Bertz CT molecular complexity index is 1190. The molecule has 0 bridgehead atoms. The molecule has 1 aliphatic heterocycles. The lowest BCUT2D eigenvalue weighted by Gasteiger charge is -2.32. The molecular formula is C26H26ClNO6. The Morgan fingerprint density at radius 2 is 1.97 bits per heavy atom. The number of carbonyl (C=O) groups is 2. The lowest BCUT2D eigenvalue weighted by Crippen LogP contribution is -2.31. The van der Waals surface area contributed by atoms with E-state index in [4.69, 9.17) is 36.3 Å². The zero-order chi connectivity index (χ0) is 24.2. The van der Waals surface area contributed by atoms with Crippen LogP contribution in [-0.4, -0.2) is 25.5 Å². The van der Waals surface area contributed by atoms with Gasteiger partial charge < -0.3 is 24.7 Å². The van der Waals surface area contributed by atoms with Crippen molar-refractivity contribution in [3.05, 3.63) is 81.4 Å². The molecule has 0 saturated carbocycles. The van der Waals surface area contributed by atoms with Gasteiger partial charge in [0.2, 0.25) is 5.88 Å². The third-order valence-electron chi connectivity index (χ3n) is 5.77. The number of methoxy groups -OCH3 is 1. The number of ether oxygens (including phenoxy) is 4. The number of carbonyl (C=O) groups excluding carboxylic acids is 2. The molecule has 2 N–H and O–H groups in total. The smallest absolute Gasteiger partial charge is 0.340 e. The second-order valence-corrected chi connectivity index (χ2v) is 8.41. The largest absolute Gasteiger partial charge is 0.490 e. The summed E-state index contributed by atoms with van der Waals surface area (Å²) in [4.78, 5) is 25.6. The van der Waals surface area contributed by atoms with E-state index in [1.165, 1.54) is 7.11 Å². The minimum atomic E-state index is -0.717. The van der Waals surface area contributed by atoms with Crippen molar-refractivity contribution in [2.45, 2.75) is 38.7 Å². The van der Waals surface area contributed by atoms with E-state index in [1.54, 1.807) is 24.3 Å². The number of halogens is 1. The molecule has 178 valence electrons. The highest BCUT2D eigenvalue weighted by molar-refractivity contribution is 6.30. The van der Waals surface area contributed by atoms with Gasteiger partial charge in [-0.05, 0) is 48.7 Å². The molecule has 0 aromatic heterocycles. The molecule has 2 aromatic carbocycles. The van der Waals surface area contributed by atoms with E-state index in [2.05, 4.69) is 0 Å². The molecule has 2 aromatic rings. The molecule has 34 heavy (non-hydrogen) atoms. The highest BCUT2D eigenvalue weighted by Crippen LogP contribution is 2.45. The molecule has 4 rings (SSSR count). The van der Waals surface area contributed by atoms with Crippen LogP contribution in [0.5, 0.6) is 11.5 Å². The average Bonchev–Trinajstić information content (AvgIpc) is 2.82. The normalized spacial score (nSPS) is 17.7. The maximum absolute atomic E-state index is 12.9. The summed E-state index contributed by atoms with van der Waals surface area (Å²) in [6, 6.07) is 12.7. The Morgan fingerprint density at radius 1 is 1.15 bits per heavy atom. The quantitative estimate of drug-likeness (QED) is 0.566. The van der Waals surface area contributed by atoms with Gasteiger partial charge in [0.25, 0.3) is 0 Å². The fourth-order valence-corrected chi connectivity index (χ4v) is 4.49. The Balaban J connectivity index is 1.73. The van der Waals surface area contributed by atoms with Gasteiger partial charge in [0, 0.05) is 23.4 Å². The Labute approximate surface area is 203 Å². The van der Waals surface area contributed by atoms with Gasteiger partial charge in [-0.1, -0.05) is 29.8 Å². The van der Waals surface area contributed by atoms with Gasteiger partial charge in [-0.25, -0.2) is 4.79 Å². The maximum Gasteiger partial charge on any atom is 0.340 e. The van der Waals surface area contributed by atoms with Crippen molar-refractivity contribution >= 4 is 23.4 Å². The molecule has 0 radical (unpaired) electrons. The molecular weight excluding hydrogens is 458 g/mol. The second kappa shape index (κ2) is 10.2. The van der Waals surface area contributed by atoms with Crippen molar-refractivity contribution in [2.24, 2.45) is 5.73 Å². The summed E-state index contributed by atoms with van der Waals surface area (Å²) in [6.07, 6.45) is 1.63. The number of esters is 1. The van der Waals surface area contributed by atoms with E-state index < -0.39 is 11.9 Å². The first-order valence-electron chi connectivity index (χ1n) is 11.1.